The van der Waals surface area contributed by atoms with Gasteiger partial charge in [0.25, 0.3) is 0 Å². The molecule has 1 fully saturated rings. The topological polar surface area (TPSA) is 101 Å². The van der Waals surface area contributed by atoms with Crippen LogP contribution in [0.25, 0.3) is 44.7 Å². The Labute approximate surface area is 201 Å². The van der Waals surface area contributed by atoms with Crippen LogP contribution in [0.1, 0.15) is 37.9 Å². The summed E-state index contributed by atoms with van der Waals surface area (Å²) in [6.45, 7) is 4.66. The van der Waals surface area contributed by atoms with E-state index in [0.717, 1.165) is 41.8 Å². The van der Waals surface area contributed by atoms with E-state index in [-0.39, 0.29) is 17.8 Å². The molecule has 35 heavy (non-hydrogen) atoms. The van der Waals surface area contributed by atoms with E-state index in [4.69, 9.17) is 14.1 Å². The lowest BCUT2D eigenvalue weighted by atomic mass is 10.0. The number of fused-ring (bicyclic) bond motifs is 3. The van der Waals surface area contributed by atoms with Crippen LogP contribution in [0.2, 0.25) is 0 Å². The maximum atomic E-state index is 13.6. The van der Waals surface area contributed by atoms with Crippen molar-refractivity contribution in [1.29, 1.82) is 0 Å². The van der Waals surface area contributed by atoms with Gasteiger partial charge in [-0.15, -0.1) is 0 Å². The van der Waals surface area contributed by atoms with Crippen molar-refractivity contribution in [1.82, 2.24) is 29.3 Å². The normalized spacial score (nSPS) is 18.5. The minimum Gasteiger partial charge on any atom is -0.450 e. The molecule has 5 aromatic rings. The van der Waals surface area contributed by atoms with Crippen LogP contribution in [0.15, 0.2) is 52.1 Å². The van der Waals surface area contributed by atoms with Gasteiger partial charge in [0.05, 0.1) is 18.0 Å². The van der Waals surface area contributed by atoms with Gasteiger partial charge in [-0.3, -0.25) is 14.2 Å². The Hall–Kier alpha value is -3.85. The van der Waals surface area contributed by atoms with Gasteiger partial charge in [0.15, 0.2) is 11.2 Å². The van der Waals surface area contributed by atoms with E-state index in [1.807, 2.05) is 50.6 Å². The summed E-state index contributed by atoms with van der Waals surface area (Å²) in [5.74, 6) is 0. The molecule has 0 radical (unpaired) electrons. The molecular weight excluding hydrogens is 444 g/mol. The van der Waals surface area contributed by atoms with Crippen molar-refractivity contribution in [2.75, 3.05) is 6.61 Å². The Kier molecular flexibility index (Phi) is 5.21. The van der Waals surface area contributed by atoms with Crippen LogP contribution >= 0.6 is 0 Å². The Morgan fingerprint density at radius 2 is 2.00 bits per heavy atom. The van der Waals surface area contributed by atoms with Gasteiger partial charge in [0, 0.05) is 48.9 Å². The molecule has 1 aliphatic heterocycles. The second-order valence-corrected chi connectivity index (χ2v) is 9.11. The van der Waals surface area contributed by atoms with Crippen LogP contribution in [0, 0.1) is 6.92 Å². The maximum Gasteiger partial charge on any atom is 0.349 e. The number of aromatic nitrogens is 6. The zero-order valence-electron chi connectivity index (χ0n) is 19.9. The molecule has 1 saturated heterocycles. The van der Waals surface area contributed by atoms with Crippen molar-refractivity contribution >= 4 is 22.2 Å². The molecule has 0 N–H and O–H groups in total. The lowest BCUT2D eigenvalue weighted by Crippen LogP contribution is -2.34. The third kappa shape index (κ3) is 3.72. The van der Waals surface area contributed by atoms with Crippen molar-refractivity contribution in [3.8, 4) is 22.5 Å². The molecule has 6 heterocycles. The van der Waals surface area contributed by atoms with E-state index in [2.05, 4.69) is 22.0 Å². The van der Waals surface area contributed by atoms with Gasteiger partial charge in [-0.25, -0.2) is 9.78 Å². The van der Waals surface area contributed by atoms with E-state index in [0.29, 0.717) is 34.5 Å². The second kappa shape index (κ2) is 8.42. The maximum absolute atomic E-state index is 13.6. The first kappa shape index (κ1) is 21.7. The predicted molar refractivity (Wildman–Crippen MR) is 132 cm³/mol. The number of aryl methyl sites for hydroxylation is 2. The highest BCUT2D eigenvalue weighted by Crippen LogP contribution is 2.37. The molecule has 0 amide bonds. The predicted octanol–water partition coefficient (Wildman–Crippen LogP) is 4.44. The van der Waals surface area contributed by atoms with Gasteiger partial charge in [0.1, 0.15) is 16.7 Å². The Balaban J connectivity index is 1.64. The number of nitrogens with zero attached hydrogens (tertiary/aromatic N) is 6. The zero-order chi connectivity index (χ0) is 24.1. The molecule has 1 aliphatic rings. The fourth-order valence-electron chi connectivity index (χ4n) is 4.88. The number of hydrogen-bond donors (Lipinski definition) is 0. The van der Waals surface area contributed by atoms with E-state index in [1.54, 1.807) is 15.4 Å². The fourth-order valence-corrected chi connectivity index (χ4v) is 4.88. The SMILES string of the molecule is CC[C@H]1CC(n2c(=O)nc(-c3cnn(C)c3)c3oc4ccc(-c5ccc(C)nc5)nc4c32)CCO1. The number of hydrogen-bond acceptors (Lipinski definition) is 7. The first-order chi connectivity index (χ1) is 17.0. The molecule has 0 bridgehead atoms. The Morgan fingerprint density at radius 3 is 2.74 bits per heavy atom. The minimum absolute atomic E-state index is 0.0496. The summed E-state index contributed by atoms with van der Waals surface area (Å²) < 4.78 is 15.7. The highest BCUT2D eigenvalue weighted by molar-refractivity contribution is 6.05. The van der Waals surface area contributed by atoms with Crippen LogP contribution < -0.4 is 5.69 Å². The third-order valence-corrected chi connectivity index (χ3v) is 6.72. The molecule has 0 spiro atoms. The fraction of sp³-hybridized carbons (Fsp3) is 0.346. The summed E-state index contributed by atoms with van der Waals surface area (Å²) in [6.07, 6.45) is 7.81. The van der Waals surface area contributed by atoms with Crippen LogP contribution in [-0.2, 0) is 11.8 Å². The molecule has 2 atom stereocenters. The first-order valence-electron chi connectivity index (χ1n) is 11.9. The largest absolute Gasteiger partial charge is 0.450 e. The summed E-state index contributed by atoms with van der Waals surface area (Å²) in [5, 5.41) is 4.26. The van der Waals surface area contributed by atoms with Crippen molar-refractivity contribution in [2.45, 2.75) is 45.3 Å². The average molecular weight is 471 g/mol. The van der Waals surface area contributed by atoms with Crippen molar-refractivity contribution in [3.05, 3.63) is 59.0 Å². The van der Waals surface area contributed by atoms with Crippen LogP contribution in [0.3, 0.4) is 0 Å². The molecule has 0 saturated carbocycles. The summed E-state index contributed by atoms with van der Waals surface area (Å²) in [6, 6.07) is 7.73. The molecule has 9 heteroatoms. The Bertz CT molecular complexity index is 1600. The lowest BCUT2D eigenvalue weighted by molar-refractivity contribution is -0.00710. The van der Waals surface area contributed by atoms with E-state index in [1.165, 1.54) is 0 Å². The molecule has 178 valence electrons. The van der Waals surface area contributed by atoms with E-state index < -0.39 is 0 Å². The summed E-state index contributed by atoms with van der Waals surface area (Å²) >= 11 is 0. The van der Waals surface area contributed by atoms with Gasteiger partial charge in [-0.05, 0) is 50.5 Å². The minimum atomic E-state index is -0.315. The van der Waals surface area contributed by atoms with Gasteiger partial charge in [0.2, 0.25) is 0 Å². The van der Waals surface area contributed by atoms with Gasteiger partial charge < -0.3 is 9.15 Å². The van der Waals surface area contributed by atoms with Crippen molar-refractivity contribution in [3.63, 3.8) is 0 Å². The smallest absolute Gasteiger partial charge is 0.349 e. The third-order valence-electron chi connectivity index (χ3n) is 6.72. The van der Waals surface area contributed by atoms with Gasteiger partial charge in [-0.2, -0.15) is 10.1 Å². The standard InChI is InChI=1S/C26H26N6O3/c1-4-19-11-18(9-10-34-19)32-24-23-21(8-7-20(29-23)16-6-5-15(2)27-12-16)35-25(24)22(30-26(32)33)17-13-28-31(3)14-17/h5-8,12-14,18-19H,4,9-11H2,1-3H3/t18?,19-/m0/s1. The monoisotopic (exact) mass is 470 g/mol. The van der Waals surface area contributed by atoms with E-state index >= 15 is 0 Å². The number of ether oxygens (including phenoxy) is 1. The molecule has 0 aromatic carbocycles. The molecule has 9 nitrogen and oxygen atoms in total. The number of furan rings is 1. The Morgan fingerprint density at radius 1 is 1.11 bits per heavy atom. The lowest BCUT2D eigenvalue weighted by Gasteiger charge is -2.30. The quantitative estimate of drug-likeness (QED) is 0.383. The van der Waals surface area contributed by atoms with Crippen LogP contribution in [0.4, 0.5) is 0 Å². The highest BCUT2D eigenvalue weighted by Gasteiger charge is 2.29. The molecule has 1 unspecified atom stereocenters. The summed E-state index contributed by atoms with van der Waals surface area (Å²) in [7, 11) is 1.83. The van der Waals surface area contributed by atoms with Crippen LogP contribution in [-0.4, -0.2) is 42.0 Å². The molecular formula is C26H26N6O3. The zero-order valence-corrected chi connectivity index (χ0v) is 19.9. The average Bonchev–Trinajstić information content (AvgIpc) is 3.47. The molecule has 5 aromatic heterocycles. The van der Waals surface area contributed by atoms with E-state index in [9.17, 15) is 4.79 Å². The van der Waals surface area contributed by atoms with Gasteiger partial charge >= 0.3 is 5.69 Å². The van der Waals surface area contributed by atoms with Crippen LogP contribution in [0.5, 0.6) is 0 Å². The van der Waals surface area contributed by atoms with Crippen molar-refractivity contribution in [2.24, 2.45) is 7.05 Å². The summed E-state index contributed by atoms with van der Waals surface area (Å²) in [4.78, 5) is 27.4. The first-order valence-corrected chi connectivity index (χ1v) is 11.9. The van der Waals surface area contributed by atoms with Gasteiger partial charge in [-0.1, -0.05) is 6.92 Å². The molecule has 6 rings (SSSR count). The second-order valence-electron chi connectivity index (χ2n) is 9.11. The summed E-state index contributed by atoms with van der Waals surface area (Å²) in [5.41, 5.74) is 5.95. The number of rotatable bonds is 4. The highest BCUT2D eigenvalue weighted by atomic mass is 16.5. The molecule has 0 aliphatic carbocycles. The van der Waals surface area contributed by atoms with Crippen molar-refractivity contribution < 1.29 is 9.15 Å². The number of pyridine rings is 2.